The van der Waals surface area contributed by atoms with Crippen molar-refractivity contribution >= 4 is 5.91 Å². The van der Waals surface area contributed by atoms with Crippen LogP contribution in [0.1, 0.15) is 49.9 Å². The molecule has 1 fully saturated rings. The Morgan fingerprint density at radius 2 is 2.09 bits per heavy atom. The Morgan fingerprint density at radius 3 is 2.82 bits per heavy atom. The smallest absolute Gasteiger partial charge is 0.258 e. The molecule has 1 N–H and O–H groups in total. The van der Waals surface area contributed by atoms with Crippen molar-refractivity contribution in [2.45, 2.75) is 51.8 Å². The van der Waals surface area contributed by atoms with E-state index in [-0.39, 0.29) is 36.6 Å². The zero-order valence-electron chi connectivity index (χ0n) is 19.4. The van der Waals surface area contributed by atoms with Crippen LogP contribution in [0.2, 0.25) is 0 Å². The van der Waals surface area contributed by atoms with Crippen molar-refractivity contribution in [1.29, 1.82) is 5.26 Å². The summed E-state index contributed by atoms with van der Waals surface area (Å²) in [5.41, 5.74) is 4.13. The van der Waals surface area contributed by atoms with Crippen molar-refractivity contribution in [3.63, 3.8) is 0 Å². The minimum Gasteiger partial charge on any atom is -0.490 e. The van der Waals surface area contributed by atoms with Gasteiger partial charge >= 0.3 is 0 Å². The number of nitrogens with zero attached hydrogens (tertiary/aromatic N) is 4. The number of hydrogen-bond acceptors (Lipinski definition) is 7. The molecule has 0 spiro atoms. The Balaban J connectivity index is 1.48. The third-order valence-corrected chi connectivity index (χ3v) is 6.58. The topological polar surface area (TPSA) is 112 Å². The first kappa shape index (κ1) is 22.1. The molecule has 2 aromatic carbocycles. The first-order valence-corrected chi connectivity index (χ1v) is 11.5. The number of aliphatic hydroxyl groups is 1. The van der Waals surface area contributed by atoms with Crippen molar-refractivity contribution in [2.75, 3.05) is 6.61 Å². The van der Waals surface area contributed by atoms with Gasteiger partial charge in [-0.2, -0.15) is 10.2 Å². The number of benzene rings is 2. The molecule has 34 heavy (non-hydrogen) atoms. The van der Waals surface area contributed by atoms with Crippen molar-refractivity contribution in [3.8, 4) is 34.7 Å². The number of likely N-dealkylation sites (tertiary alicyclic amines) is 1. The molecule has 1 amide bonds. The van der Waals surface area contributed by atoms with Crippen molar-refractivity contribution in [1.82, 2.24) is 15.0 Å². The molecular weight excluding hydrogens is 432 g/mol. The van der Waals surface area contributed by atoms with E-state index in [9.17, 15) is 15.2 Å². The van der Waals surface area contributed by atoms with Gasteiger partial charge in [0, 0.05) is 17.5 Å². The fraction of sp³-hybridized carbons (Fsp3) is 0.385. The number of rotatable bonds is 6. The van der Waals surface area contributed by atoms with Gasteiger partial charge in [-0.05, 0) is 62.4 Å². The molecule has 2 heterocycles. The fourth-order valence-electron chi connectivity index (χ4n) is 5.16. The van der Waals surface area contributed by atoms with Gasteiger partial charge in [0.15, 0.2) is 0 Å². The second-order valence-corrected chi connectivity index (χ2v) is 9.23. The van der Waals surface area contributed by atoms with Crippen LogP contribution in [0.15, 0.2) is 40.9 Å². The van der Waals surface area contributed by atoms with Gasteiger partial charge in [-0.15, -0.1) is 0 Å². The predicted molar refractivity (Wildman–Crippen MR) is 124 cm³/mol. The van der Waals surface area contributed by atoms with Crippen LogP contribution in [0.25, 0.3) is 22.8 Å². The maximum Gasteiger partial charge on any atom is 0.258 e. The average molecular weight is 459 g/mol. The van der Waals surface area contributed by atoms with Crippen molar-refractivity contribution < 1.29 is 19.2 Å². The van der Waals surface area contributed by atoms with E-state index in [1.807, 2.05) is 43.9 Å². The number of amides is 1. The molecule has 0 saturated carbocycles. The maximum atomic E-state index is 12.6. The summed E-state index contributed by atoms with van der Waals surface area (Å²) >= 11 is 0. The van der Waals surface area contributed by atoms with E-state index >= 15 is 0 Å². The summed E-state index contributed by atoms with van der Waals surface area (Å²) in [7, 11) is 0. The summed E-state index contributed by atoms with van der Waals surface area (Å²) in [6.45, 7) is 5.63. The Kier molecular flexibility index (Phi) is 5.58. The lowest BCUT2D eigenvalue weighted by atomic mass is 10.0. The minimum atomic E-state index is -0.231. The number of nitriles is 1. The predicted octanol–water partition coefficient (Wildman–Crippen LogP) is 3.89. The summed E-state index contributed by atoms with van der Waals surface area (Å²) < 4.78 is 11.3. The SMILES string of the molecule is CC(C)Oc1ccc(-c2nc(-c3cccc4c3C[C@H]3CC(=O)N([C@H](C)CO)C43)no2)cc1C#N. The summed E-state index contributed by atoms with van der Waals surface area (Å²) in [6.07, 6.45) is 1.18. The van der Waals surface area contributed by atoms with E-state index in [1.165, 1.54) is 0 Å². The molecule has 0 bridgehead atoms. The van der Waals surface area contributed by atoms with E-state index in [2.05, 4.69) is 16.2 Å². The molecule has 1 aromatic heterocycles. The van der Waals surface area contributed by atoms with Crippen LogP contribution in [0.5, 0.6) is 5.75 Å². The third kappa shape index (κ3) is 3.62. The number of aliphatic hydroxyl groups excluding tert-OH is 1. The van der Waals surface area contributed by atoms with Crippen LogP contribution < -0.4 is 4.74 Å². The highest BCUT2D eigenvalue weighted by Gasteiger charge is 2.47. The second kappa shape index (κ2) is 8.58. The van der Waals surface area contributed by atoms with Crippen LogP contribution >= 0.6 is 0 Å². The first-order chi connectivity index (χ1) is 16.4. The van der Waals surface area contributed by atoms with E-state index in [0.717, 1.165) is 23.1 Å². The number of aromatic nitrogens is 2. The molecule has 3 aromatic rings. The number of ether oxygens (including phenoxy) is 1. The molecule has 1 saturated heterocycles. The molecular formula is C26H26N4O4. The normalized spacial score (nSPS) is 19.8. The van der Waals surface area contributed by atoms with Crippen LogP contribution in [-0.2, 0) is 11.2 Å². The summed E-state index contributed by atoms with van der Waals surface area (Å²) in [6, 6.07) is 13.1. The number of fused-ring (bicyclic) bond motifs is 3. The van der Waals surface area contributed by atoms with Crippen LogP contribution in [0.4, 0.5) is 0 Å². The number of carbonyl (C=O) groups is 1. The van der Waals surface area contributed by atoms with Crippen molar-refractivity contribution in [3.05, 3.63) is 53.1 Å². The van der Waals surface area contributed by atoms with Crippen molar-refractivity contribution in [2.24, 2.45) is 5.92 Å². The van der Waals surface area contributed by atoms with E-state index in [0.29, 0.717) is 35.0 Å². The Morgan fingerprint density at radius 1 is 1.26 bits per heavy atom. The molecule has 2 aliphatic rings. The Bertz CT molecular complexity index is 1290. The second-order valence-electron chi connectivity index (χ2n) is 9.23. The lowest BCUT2D eigenvalue weighted by Crippen LogP contribution is -2.38. The Labute approximate surface area is 197 Å². The first-order valence-electron chi connectivity index (χ1n) is 11.5. The highest BCUT2D eigenvalue weighted by atomic mass is 16.5. The highest BCUT2D eigenvalue weighted by Crippen LogP contribution is 2.50. The van der Waals surface area contributed by atoms with Crippen LogP contribution in [-0.4, -0.2) is 44.8 Å². The highest BCUT2D eigenvalue weighted by molar-refractivity contribution is 5.81. The largest absolute Gasteiger partial charge is 0.490 e. The molecule has 1 unspecified atom stereocenters. The molecule has 1 aliphatic carbocycles. The summed E-state index contributed by atoms with van der Waals surface area (Å²) in [5, 5.41) is 23.4. The van der Waals surface area contributed by atoms with Crippen LogP contribution in [0.3, 0.4) is 0 Å². The maximum absolute atomic E-state index is 12.6. The van der Waals surface area contributed by atoms with E-state index < -0.39 is 0 Å². The van der Waals surface area contributed by atoms with Gasteiger partial charge in [0.05, 0.1) is 30.4 Å². The van der Waals surface area contributed by atoms with Gasteiger partial charge in [-0.3, -0.25) is 4.79 Å². The average Bonchev–Trinajstić information content (AvgIpc) is 3.52. The zero-order valence-corrected chi connectivity index (χ0v) is 19.4. The van der Waals surface area contributed by atoms with Gasteiger partial charge in [0.2, 0.25) is 11.7 Å². The lowest BCUT2D eigenvalue weighted by molar-refractivity contribution is -0.131. The fourth-order valence-corrected chi connectivity index (χ4v) is 5.16. The number of carbonyl (C=O) groups excluding carboxylic acids is 1. The van der Waals surface area contributed by atoms with Gasteiger partial charge in [0.1, 0.15) is 11.8 Å². The lowest BCUT2D eigenvalue weighted by Gasteiger charge is -2.30. The minimum absolute atomic E-state index is 0.0392. The zero-order chi connectivity index (χ0) is 24.0. The quantitative estimate of drug-likeness (QED) is 0.596. The summed E-state index contributed by atoms with van der Waals surface area (Å²) in [5.74, 6) is 1.58. The van der Waals surface area contributed by atoms with E-state index in [1.54, 1.807) is 18.2 Å². The van der Waals surface area contributed by atoms with Gasteiger partial charge in [-0.25, -0.2) is 0 Å². The third-order valence-electron chi connectivity index (χ3n) is 6.58. The molecule has 3 atom stereocenters. The Hall–Kier alpha value is -3.70. The number of hydrogen-bond donors (Lipinski definition) is 1. The molecule has 5 rings (SSSR count). The van der Waals surface area contributed by atoms with Gasteiger partial charge < -0.3 is 19.3 Å². The molecule has 0 radical (unpaired) electrons. The monoisotopic (exact) mass is 458 g/mol. The molecule has 174 valence electrons. The van der Waals surface area contributed by atoms with Gasteiger partial charge in [-0.1, -0.05) is 23.4 Å². The standard InChI is InChI=1S/C26H26N4O4/c1-14(2)33-22-8-7-16(9-18(22)12-27)26-28-25(29-34-26)20-6-4-5-19-21(20)10-17-11-23(32)30(24(17)19)15(3)13-31/h4-9,14-15,17,24,31H,10-11,13H2,1-3H3/t15-,17+,24?/m1/s1. The van der Waals surface area contributed by atoms with Gasteiger partial charge in [0.25, 0.3) is 5.89 Å². The molecule has 8 nitrogen and oxygen atoms in total. The molecule has 8 heteroatoms. The van der Waals surface area contributed by atoms with Crippen LogP contribution in [0, 0.1) is 17.2 Å². The summed E-state index contributed by atoms with van der Waals surface area (Å²) in [4.78, 5) is 19.0. The molecule has 1 aliphatic heterocycles. The van der Waals surface area contributed by atoms with E-state index in [4.69, 9.17) is 9.26 Å².